The van der Waals surface area contributed by atoms with Crippen LogP contribution in [0.2, 0.25) is 0 Å². The Labute approximate surface area is 164 Å². The summed E-state index contributed by atoms with van der Waals surface area (Å²) in [6.45, 7) is 2.28. The Morgan fingerprint density at radius 3 is 2.71 bits per heavy atom. The summed E-state index contributed by atoms with van der Waals surface area (Å²) in [5.74, 6) is 0.400. The van der Waals surface area contributed by atoms with Crippen molar-refractivity contribution in [3.8, 4) is 0 Å². The van der Waals surface area contributed by atoms with E-state index in [4.69, 9.17) is 0 Å². The lowest BCUT2D eigenvalue weighted by molar-refractivity contribution is 0.0827. The average molecular weight is 375 g/mol. The Bertz CT molecular complexity index is 1060. The molecule has 2 aromatic carbocycles. The number of nitrogens with zero attached hydrogens (tertiary/aromatic N) is 1. The zero-order chi connectivity index (χ0) is 19.8. The third-order valence-electron chi connectivity index (χ3n) is 5.49. The van der Waals surface area contributed by atoms with Crippen molar-refractivity contribution in [3.05, 3.63) is 64.8 Å². The van der Waals surface area contributed by atoms with Crippen molar-refractivity contribution >= 4 is 28.4 Å². The van der Waals surface area contributed by atoms with Crippen LogP contribution in [0.1, 0.15) is 45.3 Å². The monoisotopic (exact) mass is 375 g/mol. The third kappa shape index (κ3) is 3.28. The molecule has 0 bridgehead atoms. The lowest BCUT2D eigenvalue weighted by atomic mass is 9.87. The smallest absolute Gasteiger partial charge is 0.257 e. The van der Waals surface area contributed by atoms with Crippen molar-refractivity contribution in [2.45, 2.75) is 26.2 Å². The second kappa shape index (κ2) is 7.15. The fourth-order valence-electron chi connectivity index (χ4n) is 3.99. The lowest BCUT2D eigenvalue weighted by Gasteiger charge is -2.17. The van der Waals surface area contributed by atoms with Gasteiger partial charge >= 0.3 is 0 Å². The van der Waals surface area contributed by atoms with Crippen molar-refractivity contribution < 1.29 is 9.59 Å². The maximum atomic E-state index is 13.0. The molecule has 0 saturated carbocycles. The number of benzene rings is 2. The molecule has 4 rings (SSSR count). The summed E-state index contributed by atoms with van der Waals surface area (Å²) < 4.78 is 0. The van der Waals surface area contributed by atoms with E-state index < -0.39 is 0 Å². The van der Waals surface area contributed by atoms with Gasteiger partial charge in [-0.3, -0.25) is 9.59 Å². The standard InChI is InChI=1S/C23H25N3O2/c1-14-10-11-20-19(12-14)17-8-5-9-18(21(17)25-20)22(27)24-16-7-4-6-15(13-16)23(28)26(2)3/h4-9,13-14,25H,10-12H2,1-3H3,(H,24,27). The molecule has 2 amide bonds. The molecular formula is C23H25N3O2. The first kappa shape index (κ1) is 18.3. The van der Waals surface area contributed by atoms with Crippen LogP contribution in [-0.2, 0) is 12.8 Å². The topological polar surface area (TPSA) is 65.2 Å². The molecule has 1 aliphatic rings. The SMILES string of the molecule is CC1CCc2[nH]c3c(C(=O)Nc4cccc(C(=O)N(C)C)c4)cccc3c2C1. The highest BCUT2D eigenvalue weighted by Crippen LogP contribution is 2.33. The molecule has 5 heteroatoms. The quantitative estimate of drug-likeness (QED) is 0.719. The molecule has 1 aliphatic carbocycles. The van der Waals surface area contributed by atoms with Crippen molar-refractivity contribution in [1.82, 2.24) is 9.88 Å². The summed E-state index contributed by atoms with van der Waals surface area (Å²) in [4.78, 5) is 30.2. The van der Waals surface area contributed by atoms with Gasteiger partial charge in [-0.1, -0.05) is 25.1 Å². The highest BCUT2D eigenvalue weighted by molar-refractivity contribution is 6.13. The number of para-hydroxylation sites is 1. The molecule has 5 nitrogen and oxygen atoms in total. The molecule has 0 saturated heterocycles. The number of anilines is 1. The summed E-state index contributed by atoms with van der Waals surface area (Å²) >= 11 is 0. The zero-order valence-corrected chi connectivity index (χ0v) is 16.5. The average Bonchev–Trinajstić information content (AvgIpc) is 3.05. The van der Waals surface area contributed by atoms with E-state index in [2.05, 4.69) is 23.3 Å². The summed E-state index contributed by atoms with van der Waals surface area (Å²) in [5, 5.41) is 4.09. The predicted molar refractivity (Wildman–Crippen MR) is 112 cm³/mol. The van der Waals surface area contributed by atoms with Gasteiger partial charge in [-0.15, -0.1) is 0 Å². The van der Waals surface area contributed by atoms with Gasteiger partial charge in [0.1, 0.15) is 0 Å². The highest BCUT2D eigenvalue weighted by Gasteiger charge is 2.22. The molecule has 0 fully saturated rings. The number of hydrogen-bond acceptors (Lipinski definition) is 2. The van der Waals surface area contributed by atoms with Crippen LogP contribution in [0.25, 0.3) is 10.9 Å². The van der Waals surface area contributed by atoms with Gasteiger partial charge in [0.15, 0.2) is 0 Å². The second-order valence-corrected chi connectivity index (χ2v) is 7.89. The fourth-order valence-corrected chi connectivity index (χ4v) is 3.99. The Hall–Kier alpha value is -3.08. The fraction of sp³-hybridized carbons (Fsp3) is 0.304. The second-order valence-electron chi connectivity index (χ2n) is 7.89. The van der Waals surface area contributed by atoms with Gasteiger partial charge in [0.05, 0.1) is 11.1 Å². The molecular weight excluding hydrogens is 350 g/mol. The maximum Gasteiger partial charge on any atom is 0.257 e. The van der Waals surface area contributed by atoms with E-state index >= 15 is 0 Å². The van der Waals surface area contributed by atoms with E-state index in [0.717, 1.165) is 23.7 Å². The Morgan fingerprint density at radius 2 is 1.93 bits per heavy atom. The van der Waals surface area contributed by atoms with Gasteiger partial charge in [0.25, 0.3) is 11.8 Å². The number of H-pyrrole nitrogens is 1. The molecule has 2 N–H and O–H groups in total. The Balaban J connectivity index is 1.65. The lowest BCUT2D eigenvalue weighted by Crippen LogP contribution is -2.22. The van der Waals surface area contributed by atoms with Gasteiger partial charge in [-0.2, -0.15) is 0 Å². The van der Waals surface area contributed by atoms with Crippen molar-refractivity contribution in [1.29, 1.82) is 0 Å². The Morgan fingerprint density at radius 1 is 1.14 bits per heavy atom. The molecule has 1 aromatic heterocycles. The highest BCUT2D eigenvalue weighted by atomic mass is 16.2. The third-order valence-corrected chi connectivity index (χ3v) is 5.49. The van der Waals surface area contributed by atoms with Crippen molar-refractivity contribution in [2.75, 3.05) is 19.4 Å². The number of carbonyl (C=O) groups excluding carboxylic acids is 2. The molecule has 144 valence electrons. The molecule has 0 radical (unpaired) electrons. The van der Waals surface area contributed by atoms with E-state index in [1.807, 2.05) is 12.1 Å². The molecule has 3 aromatic rings. The molecule has 1 unspecified atom stereocenters. The van der Waals surface area contributed by atoms with Crippen LogP contribution in [0.3, 0.4) is 0 Å². The summed E-state index contributed by atoms with van der Waals surface area (Å²) in [6, 6.07) is 12.9. The molecule has 1 heterocycles. The van der Waals surface area contributed by atoms with Gasteiger partial charge in [-0.25, -0.2) is 0 Å². The van der Waals surface area contributed by atoms with Crippen LogP contribution < -0.4 is 5.32 Å². The van der Waals surface area contributed by atoms with E-state index in [0.29, 0.717) is 22.7 Å². The van der Waals surface area contributed by atoms with Crippen LogP contribution in [0.15, 0.2) is 42.5 Å². The number of rotatable bonds is 3. The number of nitrogens with one attached hydrogen (secondary N) is 2. The van der Waals surface area contributed by atoms with Gasteiger partial charge in [0.2, 0.25) is 0 Å². The summed E-state index contributed by atoms with van der Waals surface area (Å²) in [7, 11) is 3.42. The number of fused-ring (bicyclic) bond motifs is 3. The van der Waals surface area contributed by atoms with E-state index in [1.165, 1.54) is 22.6 Å². The van der Waals surface area contributed by atoms with Gasteiger partial charge < -0.3 is 15.2 Å². The van der Waals surface area contributed by atoms with Crippen LogP contribution in [-0.4, -0.2) is 35.8 Å². The maximum absolute atomic E-state index is 13.0. The minimum atomic E-state index is -0.174. The Kier molecular flexibility index (Phi) is 4.67. The van der Waals surface area contributed by atoms with E-state index in [-0.39, 0.29) is 11.8 Å². The summed E-state index contributed by atoms with van der Waals surface area (Å²) in [6.07, 6.45) is 3.25. The van der Waals surface area contributed by atoms with Crippen molar-refractivity contribution in [2.24, 2.45) is 5.92 Å². The van der Waals surface area contributed by atoms with Crippen LogP contribution in [0.4, 0.5) is 5.69 Å². The number of aromatic nitrogens is 1. The minimum Gasteiger partial charge on any atom is -0.358 e. The van der Waals surface area contributed by atoms with E-state index in [9.17, 15) is 9.59 Å². The first-order chi connectivity index (χ1) is 13.4. The first-order valence-corrected chi connectivity index (χ1v) is 9.69. The van der Waals surface area contributed by atoms with E-state index in [1.54, 1.807) is 38.4 Å². The number of carbonyl (C=O) groups is 2. The number of aryl methyl sites for hydroxylation is 1. The van der Waals surface area contributed by atoms with Crippen molar-refractivity contribution in [3.63, 3.8) is 0 Å². The predicted octanol–water partition coefficient (Wildman–Crippen LogP) is 4.25. The number of amides is 2. The van der Waals surface area contributed by atoms with Crippen LogP contribution in [0.5, 0.6) is 0 Å². The van der Waals surface area contributed by atoms with Crippen LogP contribution >= 0.6 is 0 Å². The first-order valence-electron chi connectivity index (χ1n) is 9.69. The molecule has 28 heavy (non-hydrogen) atoms. The largest absolute Gasteiger partial charge is 0.358 e. The van der Waals surface area contributed by atoms with Gasteiger partial charge in [0, 0.05) is 36.4 Å². The zero-order valence-electron chi connectivity index (χ0n) is 16.5. The molecule has 1 atom stereocenters. The van der Waals surface area contributed by atoms with Gasteiger partial charge in [-0.05, 0) is 55.0 Å². The molecule has 0 aliphatic heterocycles. The number of aromatic amines is 1. The normalized spacial score (nSPS) is 15.9. The molecule has 0 spiro atoms. The minimum absolute atomic E-state index is 0.0932. The van der Waals surface area contributed by atoms with Crippen LogP contribution in [0, 0.1) is 5.92 Å². The summed E-state index contributed by atoms with van der Waals surface area (Å²) in [5.41, 5.74) is 5.29. The number of hydrogen-bond donors (Lipinski definition) is 2.